The third-order valence-electron chi connectivity index (χ3n) is 4.34. The molecule has 0 spiro atoms. The fourth-order valence-electron chi connectivity index (χ4n) is 3.02. The maximum absolute atomic E-state index is 12.7. The van der Waals surface area contributed by atoms with Crippen LogP contribution in [0.4, 0.5) is 0 Å². The zero-order valence-electron chi connectivity index (χ0n) is 14.3. The number of rotatable bonds is 6. The van der Waals surface area contributed by atoms with Crippen molar-refractivity contribution in [1.29, 1.82) is 0 Å². The molecule has 1 fully saturated rings. The van der Waals surface area contributed by atoms with E-state index in [2.05, 4.69) is 10.3 Å². The van der Waals surface area contributed by atoms with E-state index in [9.17, 15) is 4.79 Å². The van der Waals surface area contributed by atoms with Crippen molar-refractivity contribution in [2.24, 2.45) is 0 Å². The molecule has 1 aromatic heterocycles. The minimum atomic E-state index is 0.0215. The van der Waals surface area contributed by atoms with Crippen molar-refractivity contribution >= 4 is 29.1 Å². The van der Waals surface area contributed by atoms with Gasteiger partial charge < -0.3 is 15.0 Å². The number of carbonyl (C=O) groups excluding carboxylic acids is 1. The second-order valence-electron chi connectivity index (χ2n) is 6.10. The highest BCUT2D eigenvalue weighted by Gasteiger charge is 2.27. The van der Waals surface area contributed by atoms with E-state index in [0.717, 1.165) is 18.7 Å². The zero-order chi connectivity index (χ0) is 18.4. The number of aromatic nitrogens is 1. The van der Waals surface area contributed by atoms with Crippen molar-refractivity contribution in [3.8, 4) is 5.75 Å². The number of nitrogens with one attached hydrogen (secondary N) is 1. The molecule has 0 radical (unpaired) electrons. The van der Waals surface area contributed by atoms with Crippen LogP contribution in [0.1, 0.15) is 24.4 Å². The molecule has 2 aromatic rings. The molecule has 26 heavy (non-hydrogen) atoms. The van der Waals surface area contributed by atoms with Crippen LogP contribution in [-0.2, 0) is 4.79 Å². The second kappa shape index (κ2) is 9.21. The smallest absolute Gasteiger partial charge is 0.223 e. The first-order valence-corrected chi connectivity index (χ1v) is 9.39. The number of hydrogen-bond donors (Lipinski definition) is 1. The molecular weight excluding hydrogens is 373 g/mol. The minimum Gasteiger partial charge on any atom is -0.492 e. The molecule has 1 unspecified atom stereocenters. The van der Waals surface area contributed by atoms with Crippen LogP contribution < -0.4 is 10.1 Å². The SMILES string of the molecule is O=C(CCCOc1cccc(Cl)c1Cl)N1CCNCC1c1cccnc1. The number of piperazine rings is 1. The van der Waals surface area contributed by atoms with Crippen LogP contribution in [0.5, 0.6) is 5.75 Å². The molecule has 2 heterocycles. The lowest BCUT2D eigenvalue weighted by Gasteiger charge is -2.36. The Kier molecular flexibility index (Phi) is 6.72. The first-order valence-electron chi connectivity index (χ1n) is 8.63. The average molecular weight is 394 g/mol. The summed E-state index contributed by atoms with van der Waals surface area (Å²) < 4.78 is 5.66. The number of amides is 1. The number of pyridine rings is 1. The highest BCUT2D eigenvalue weighted by molar-refractivity contribution is 6.42. The number of hydrogen-bond acceptors (Lipinski definition) is 4. The lowest BCUT2D eigenvalue weighted by Crippen LogP contribution is -2.48. The predicted molar refractivity (Wildman–Crippen MR) is 103 cm³/mol. The highest BCUT2D eigenvalue weighted by atomic mass is 35.5. The maximum Gasteiger partial charge on any atom is 0.223 e. The molecule has 5 nitrogen and oxygen atoms in total. The van der Waals surface area contributed by atoms with Crippen LogP contribution in [-0.4, -0.2) is 42.0 Å². The largest absolute Gasteiger partial charge is 0.492 e. The van der Waals surface area contributed by atoms with Gasteiger partial charge in [0.05, 0.1) is 17.7 Å². The molecule has 0 aliphatic carbocycles. The molecule has 0 bridgehead atoms. The first-order chi connectivity index (χ1) is 12.7. The summed E-state index contributed by atoms with van der Waals surface area (Å²) >= 11 is 12.1. The van der Waals surface area contributed by atoms with Gasteiger partial charge in [0.15, 0.2) is 0 Å². The van der Waals surface area contributed by atoms with E-state index in [1.165, 1.54) is 0 Å². The Morgan fingerprint density at radius 2 is 2.19 bits per heavy atom. The standard InChI is InChI=1S/C19H21Cl2N3O2/c20-15-5-1-6-17(19(15)21)26-11-3-7-18(25)24-10-9-23-13-16(24)14-4-2-8-22-12-14/h1-2,4-6,8,12,16,23H,3,7,9-11,13H2. The molecule has 138 valence electrons. The molecular formula is C19H21Cl2N3O2. The molecule has 1 N–H and O–H groups in total. The van der Waals surface area contributed by atoms with Crippen LogP contribution >= 0.6 is 23.2 Å². The molecule has 1 aliphatic rings. The number of halogens is 2. The summed E-state index contributed by atoms with van der Waals surface area (Å²) in [6, 6.07) is 9.19. The Hall–Kier alpha value is -1.82. The Labute approximate surface area is 163 Å². The molecule has 1 atom stereocenters. The third-order valence-corrected chi connectivity index (χ3v) is 5.14. The van der Waals surface area contributed by atoms with E-state index < -0.39 is 0 Å². The summed E-state index contributed by atoms with van der Waals surface area (Å²) in [6.07, 6.45) is 4.60. The number of carbonyl (C=O) groups is 1. The number of nitrogens with zero attached hydrogens (tertiary/aromatic N) is 2. The van der Waals surface area contributed by atoms with Gasteiger partial charge in [-0.05, 0) is 30.2 Å². The normalized spacial score (nSPS) is 17.2. The highest BCUT2D eigenvalue weighted by Crippen LogP contribution is 2.31. The Bertz CT molecular complexity index is 743. The molecule has 7 heteroatoms. The van der Waals surface area contributed by atoms with Gasteiger partial charge in [0.2, 0.25) is 5.91 Å². The van der Waals surface area contributed by atoms with Gasteiger partial charge >= 0.3 is 0 Å². The van der Waals surface area contributed by atoms with Gasteiger partial charge in [-0.15, -0.1) is 0 Å². The van der Waals surface area contributed by atoms with Gasteiger partial charge in [0, 0.05) is 38.4 Å². The summed E-state index contributed by atoms with van der Waals surface area (Å²) in [7, 11) is 0. The molecule has 0 saturated carbocycles. The summed E-state index contributed by atoms with van der Waals surface area (Å²) in [4.78, 5) is 18.8. The van der Waals surface area contributed by atoms with Crippen molar-refractivity contribution < 1.29 is 9.53 Å². The van der Waals surface area contributed by atoms with Gasteiger partial charge in [0.25, 0.3) is 0 Å². The summed E-state index contributed by atoms with van der Waals surface area (Å²) in [5, 5.41) is 4.21. The fourth-order valence-corrected chi connectivity index (χ4v) is 3.36. The van der Waals surface area contributed by atoms with Crippen LogP contribution in [0, 0.1) is 0 Å². The maximum atomic E-state index is 12.7. The zero-order valence-corrected chi connectivity index (χ0v) is 15.8. The summed E-state index contributed by atoms with van der Waals surface area (Å²) in [6.45, 7) is 2.65. The van der Waals surface area contributed by atoms with Crippen molar-refractivity contribution in [2.75, 3.05) is 26.2 Å². The predicted octanol–water partition coefficient (Wildman–Crippen LogP) is 3.72. The molecule has 1 aromatic carbocycles. The Balaban J connectivity index is 1.52. The third kappa shape index (κ3) is 4.67. The lowest BCUT2D eigenvalue weighted by atomic mass is 10.0. The molecule has 3 rings (SSSR count). The summed E-state index contributed by atoms with van der Waals surface area (Å²) in [5.74, 6) is 0.670. The molecule has 1 aliphatic heterocycles. The lowest BCUT2D eigenvalue weighted by molar-refractivity contribution is -0.134. The van der Waals surface area contributed by atoms with Crippen molar-refractivity contribution in [1.82, 2.24) is 15.2 Å². The number of benzene rings is 1. The topological polar surface area (TPSA) is 54.5 Å². The minimum absolute atomic E-state index is 0.0215. The van der Waals surface area contributed by atoms with Crippen molar-refractivity contribution in [3.05, 3.63) is 58.3 Å². The van der Waals surface area contributed by atoms with E-state index >= 15 is 0 Å². The van der Waals surface area contributed by atoms with E-state index in [4.69, 9.17) is 27.9 Å². The van der Waals surface area contributed by atoms with Crippen LogP contribution in [0.3, 0.4) is 0 Å². The first kappa shape index (κ1) is 19.0. The van der Waals surface area contributed by atoms with E-state index in [0.29, 0.717) is 41.8 Å². The second-order valence-corrected chi connectivity index (χ2v) is 6.88. The van der Waals surface area contributed by atoms with Gasteiger partial charge in [0.1, 0.15) is 10.8 Å². The number of ether oxygens (including phenoxy) is 1. The quantitative estimate of drug-likeness (QED) is 0.759. The van der Waals surface area contributed by atoms with Crippen LogP contribution in [0.2, 0.25) is 10.0 Å². The van der Waals surface area contributed by atoms with Crippen LogP contribution in [0.25, 0.3) is 0 Å². The van der Waals surface area contributed by atoms with Gasteiger partial charge in [-0.1, -0.05) is 35.3 Å². The van der Waals surface area contributed by atoms with E-state index in [1.807, 2.05) is 23.2 Å². The van der Waals surface area contributed by atoms with Gasteiger partial charge in [-0.2, -0.15) is 0 Å². The van der Waals surface area contributed by atoms with Gasteiger partial charge in [-0.3, -0.25) is 9.78 Å². The molecule has 1 saturated heterocycles. The average Bonchev–Trinajstić information content (AvgIpc) is 2.69. The van der Waals surface area contributed by atoms with Crippen molar-refractivity contribution in [3.63, 3.8) is 0 Å². The van der Waals surface area contributed by atoms with Crippen LogP contribution in [0.15, 0.2) is 42.7 Å². The summed E-state index contributed by atoms with van der Waals surface area (Å²) in [5.41, 5.74) is 1.05. The Morgan fingerprint density at radius 3 is 3.00 bits per heavy atom. The Morgan fingerprint density at radius 1 is 1.31 bits per heavy atom. The van der Waals surface area contributed by atoms with E-state index in [-0.39, 0.29) is 11.9 Å². The monoisotopic (exact) mass is 393 g/mol. The van der Waals surface area contributed by atoms with Crippen molar-refractivity contribution in [2.45, 2.75) is 18.9 Å². The fraction of sp³-hybridized carbons (Fsp3) is 0.368. The molecule has 1 amide bonds. The van der Waals surface area contributed by atoms with Gasteiger partial charge in [-0.25, -0.2) is 0 Å². The van der Waals surface area contributed by atoms with E-state index in [1.54, 1.807) is 24.4 Å².